The molecule has 4 rings (SSSR count). The van der Waals surface area contributed by atoms with Crippen LogP contribution in [0.3, 0.4) is 0 Å². The second-order valence-electron chi connectivity index (χ2n) is 8.24. The predicted octanol–water partition coefficient (Wildman–Crippen LogP) is 5.78. The van der Waals surface area contributed by atoms with Crippen LogP contribution in [0.1, 0.15) is 36.2 Å². The summed E-state index contributed by atoms with van der Waals surface area (Å²) < 4.78 is 0. The Balaban J connectivity index is 1.39. The SMILES string of the molecule is Cc1nc(Nc2ccc(NC(=O)Nc3cccc(C)c3C)cc2)cc(N2CCCCC2)n1. The molecule has 0 atom stereocenters. The normalized spacial score (nSPS) is 13.5. The van der Waals surface area contributed by atoms with Crippen molar-refractivity contribution in [2.75, 3.05) is 33.9 Å². The fourth-order valence-corrected chi connectivity index (χ4v) is 3.86. The maximum atomic E-state index is 12.4. The van der Waals surface area contributed by atoms with Crippen molar-refractivity contribution in [3.05, 3.63) is 65.5 Å². The number of urea groups is 1. The van der Waals surface area contributed by atoms with E-state index in [1.165, 1.54) is 19.3 Å². The number of anilines is 5. The lowest BCUT2D eigenvalue weighted by atomic mass is 10.1. The van der Waals surface area contributed by atoms with E-state index in [0.717, 1.165) is 53.1 Å². The number of benzene rings is 2. The van der Waals surface area contributed by atoms with Gasteiger partial charge in [-0.2, -0.15) is 0 Å². The second kappa shape index (κ2) is 9.68. The summed E-state index contributed by atoms with van der Waals surface area (Å²) in [7, 11) is 0. The largest absolute Gasteiger partial charge is 0.356 e. The molecule has 0 unspecified atom stereocenters. The molecule has 166 valence electrons. The summed E-state index contributed by atoms with van der Waals surface area (Å²) in [5.41, 5.74) is 4.62. The van der Waals surface area contributed by atoms with E-state index in [-0.39, 0.29) is 6.03 Å². The van der Waals surface area contributed by atoms with Gasteiger partial charge in [-0.05, 0) is 81.5 Å². The van der Waals surface area contributed by atoms with Gasteiger partial charge in [-0.3, -0.25) is 0 Å². The first-order valence-electron chi connectivity index (χ1n) is 11.1. The van der Waals surface area contributed by atoms with Gasteiger partial charge in [0.2, 0.25) is 0 Å². The van der Waals surface area contributed by atoms with E-state index in [1.807, 2.05) is 69.3 Å². The van der Waals surface area contributed by atoms with Crippen LogP contribution in [0.25, 0.3) is 0 Å². The van der Waals surface area contributed by atoms with Gasteiger partial charge in [0.25, 0.3) is 0 Å². The summed E-state index contributed by atoms with van der Waals surface area (Å²) >= 11 is 0. The van der Waals surface area contributed by atoms with Crippen molar-refractivity contribution >= 4 is 34.7 Å². The molecule has 1 aliphatic rings. The first-order valence-corrected chi connectivity index (χ1v) is 11.1. The van der Waals surface area contributed by atoms with E-state index in [0.29, 0.717) is 5.69 Å². The summed E-state index contributed by atoms with van der Waals surface area (Å²) in [4.78, 5) is 23.9. The highest BCUT2D eigenvalue weighted by Gasteiger charge is 2.14. The Morgan fingerprint density at radius 3 is 2.34 bits per heavy atom. The fourth-order valence-electron chi connectivity index (χ4n) is 3.86. The molecule has 32 heavy (non-hydrogen) atoms. The first-order chi connectivity index (χ1) is 15.5. The fraction of sp³-hybridized carbons (Fsp3) is 0.320. The number of aromatic nitrogens is 2. The third kappa shape index (κ3) is 5.35. The van der Waals surface area contributed by atoms with Gasteiger partial charge in [0.05, 0.1) is 0 Å². The maximum Gasteiger partial charge on any atom is 0.323 e. The molecular formula is C25H30N6O. The Kier molecular flexibility index (Phi) is 6.54. The van der Waals surface area contributed by atoms with Gasteiger partial charge in [0.1, 0.15) is 17.5 Å². The van der Waals surface area contributed by atoms with Gasteiger partial charge < -0.3 is 20.9 Å². The molecule has 0 saturated carbocycles. The van der Waals surface area contributed by atoms with E-state index in [9.17, 15) is 4.79 Å². The molecule has 3 N–H and O–H groups in total. The van der Waals surface area contributed by atoms with E-state index in [4.69, 9.17) is 0 Å². The highest BCUT2D eigenvalue weighted by Crippen LogP contribution is 2.24. The Morgan fingerprint density at radius 2 is 1.59 bits per heavy atom. The van der Waals surface area contributed by atoms with Crippen molar-refractivity contribution < 1.29 is 4.79 Å². The molecule has 0 aliphatic carbocycles. The van der Waals surface area contributed by atoms with Crippen LogP contribution in [-0.2, 0) is 0 Å². The third-order valence-electron chi connectivity index (χ3n) is 5.77. The van der Waals surface area contributed by atoms with Crippen molar-refractivity contribution in [1.82, 2.24) is 9.97 Å². The van der Waals surface area contributed by atoms with Gasteiger partial charge in [-0.15, -0.1) is 0 Å². The number of carbonyl (C=O) groups excluding carboxylic acids is 1. The lowest BCUT2D eigenvalue weighted by molar-refractivity contribution is 0.262. The lowest BCUT2D eigenvalue weighted by Crippen LogP contribution is -2.30. The molecule has 2 aromatic carbocycles. The monoisotopic (exact) mass is 430 g/mol. The Bertz CT molecular complexity index is 1090. The average molecular weight is 431 g/mol. The second-order valence-corrected chi connectivity index (χ2v) is 8.24. The number of piperidine rings is 1. The molecule has 1 fully saturated rings. The number of hydrogen-bond acceptors (Lipinski definition) is 5. The molecule has 0 spiro atoms. The molecular weight excluding hydrogens is 400 g/mol. The first kappa shape index (κ1) is 21.6. The number of carbonyl (C=O) groups is 1. The van der Waals surface area contributed by atoms with Crippen LogP contribution < -0.4 is 20.9 Å². The number of nitrogens with one attached hydrogen (secondary N) is 3. The summed E-state index contributed by atoms with van der Waals surface area (Å²) in [5.74, 6) is 2.49. The van der Waals surface area contributed by atoms with Gasteiger partial charge in [-0.1, -0.05) is 12.1 Å². The zero-order valence-corrected chi connectivity index (χ0v) is 18.9. The van der Waals surface area contributed by atoms with Crippen molar-refractivity contribution in [1.29, 1.82) is 0 Å². The van der Waals surface area contributed by atoms with Gasteiger partial charge in [0, 0.05) is 36.2 Å². The van der Waals surface area contributed by atoms with Crippen LogP contribution in [-0.4, -0.2) is 29.1 Å². The molecule has 0 radical (unpaired) electrons. The molecule has 2 heterocycles. The molecule has 7 nitrogen and oxygen atoms in total. The lowest BCUT2D eigenvalue weighted by Gasteiger charge is -2.28. The number of rotatable bonds is 5. The number of hydrogen-bond donors (Lipinski definition) is 3. The summed E-state index contributed by atoms with van der Waals surface area (Å²) in [6.45, 7) is 8.02. The minimum absolute atomic E-state index is 0.267. The highest BCUT2D eigenvalue weighted by molar-refractivity contribution is 6.00. The van der Waals surface area contributed by atoms with Crippen LogP contribution in [0.2, 0.25) is 0 Å². The molecule has 7 heteroatoms. The minimum Gasteiger partial charge on any atom is -0.356 e. The maximum absolute atomic E-state index is 12.4. The molecule has 3 aromatic rings. The van der Waals surface area contributed by atoms with Crippen LogP contribution in [0.15, 0.2) is 48.5 Å². The predicted molar refractivity (Wildman–Crippen MR) is 131 cm³/mol. The van der Waals surface area contributed by atoms with Crippen LogP contribution in [0.5, 0.6) is 0 Å². The smallest absolute Gasteiger partial charge is 0.323 e. The summed E-state index contributed by atoms with van der Waals surface area (Å²) in [6.07, 6.45) is 3.70. The van der Waals surface area contributed by atoms with Gasteiger partial charge in [0.15, 0.2) is 0 Å². The quantitative estimate of drug-likeness (QED) is 0.478. The molecule has 1 saturated heterocycles. The molecule has 2 amide bonds. The molecule has 1 aliphatic heterocycles. The van der Waals surface area contributed by atoms with E-state index in [1.54, 1.807) is 0 Å². The van der Waals surface area contributed by atoms with Crippen LogP contribution in [0.4, 0.5) is 33.5 Å². The number of nitrogens with zero attached hydrogens (tertiary/aromatic N) is 3. The number of amides is 2. The van der Waals surface area contributed by atoms with E-state index in [2.05, 4.69) is 30.8 Å². The van der Waals surface area contributed by atoms with Crippen LogP contribution >= 0.6 is 0 Å². The van der Waals surface area contributed by atoms with Crippen molar-refractivity contribution in [2.45, 2.75) is 40.0 Å². The van der Waals surface area contributed by atoms with Crippen molar-refractivity contribution in [3.8, 4) is 0 Å². The zero-order valence-electron chi connectivity index (χ0n) is 18.9. The van der Waals surface area contributed by atoms with Crippen molar-refractivity contribution in [3.63, 3.8) is 0 Å². The molecule has 0 bridgehead atoms. The van der Waals surface area contributed by atoms with E-state index < -0.39 is 0 Å². The minimum atomic E-state index is -0.267. The number of aryl methyl sites for hydroxylation is 2. The average Bonchev–Trinajstić information content (AvgIpc) is 2.78. The molecule has 1 aromatic heterocycles. The zero-order chi connectivity index (χ0) is 22.5. The standard InChI is InChI=1S/C25H30N6O/c1-17-8-7-9-22(18(17)2)30-25(32)29-21-12-10-20(11-13-21)28-23-16-24(27-19(3)26-23)31-14-5-4-6-15-31/h7-13,16H,4-6,14-15H2,1-3H3,(H,26,27,28)(H2,29,30,32). The van der Waals surface area contributed by atoms with E-state index >= 15 is 0 Å². The summed E-state index contributed by atoms with van der Waals surface area (Å²) in [6, 6.07) is 15.2. The third-order valence-corrected chi connectivity index (χ3v) is 5.77. The topological polar surface area (TPSA) is 82.2 Å². The Labute approximate surface area is 189 Å². The Morgan fingerprint density at radius 1 is 0.875 bits per heavy atom. The van der Waals surface area contributed by atoms with Gasteiger partial charge >= 0.3 is 6.03 Å². The highest BCUT2D eigenvalue weighted by atomic mass is 16.2. The van der Waals surface area contributed by atoms with Crippen LogP contribution in [0, 0.1) is 20.8 Å². The Hall–Kier alpha value is -3.61. The summed E-state index contributed by atoms with van der Waals surface area (Å²) in [5, 5.41) is 9.14. The van der Waals surface area contributed by atoms with Crippen molar-refractivity contribution in [2.24, 2.45) is 0 Å². The van der Waals surface area contributed by atoms with Gasteiger partial charge in [-0.25, -0.2) is 14.8 Å².